The summed E-state index contributed by atoms with van der Waals surface area (Å²) in [6.07, 6.45) is 0. The van der Waals surface area contributed by atoms with Crippen molar-refractivity contribution >= 4 is 27.5 Å². The Bertz CT molecular complexity index is 341. The predicted octanol–water partition coefficient (Wildman–Crippen LogP) is 3.42. The number of alkyl halides is 1. The van der Waals surface area contributed by atoms with Gasteiger partial charge in [0.15, 0.2) is 0 Å². The Morgan fingerprint density at radius 2 is 2.25 bits per heavy atom. The van der Waals surface area contributed by atoms with Gasteiger partial charge in [0.1, 0.15) is 6.07 Å². The smallest absolute Gasteiger partial charge is 0.101 e. The number of nitrogens with zero attached hydrogens (tertiary/aromatic N) is 1. The molecule has 0 aliphatic heterocycles. The second-order valence-electron chi connectivity index (χ2n) is 2.53. The summed E-state index contributed by atoms with van der Waals surface area (Å²) >= 11 is 9.24. The molecule has 0 spiro atoms. The van der Waals surface area contributed by atoms with Gasteiger partial charge in [-0.3, -0.25) is 0 Å². The largest absolute Gasteiger partial charge is 0.192 e. The number of hydrogen-bond donors (Lipinski definition) is 0. The van der Waals surface area contributed by atoms with Crippen molar-refractivity contribution in [1.82, 2.24) is 0 Å². The fourth-order valence-corrected chi connectivity index (χ4v) is 1.84. The molecule has 0 N–H and O–H groups in total. The minimum Gasteiger partial charge on any atom is -0.192 e. The number of rotatable bonds is 1. The van der Waals surface area contributed by atoms with E-state index in [1.54, 1.807) is 6.07 Å². The summed E-state index contributed by atoms with van der Waals surface area (Å²) in [6, 6.07) is 5.81. The molecule has 0 radical (unpaired) electrons. The third-order valence-corrected chi connectivity index (χ3v) is 2.61. The molecule has 0 bridgehead atoms. The molecule has 1 rings (SSSR count). The van der Waals surface area contributed by atoms with Crippen LogP contribution in [-0.4, -0.2) is 0 Å². The SMILES string of the molecule is Cc1cc(C#N)c(Cl)c(CBr)c1. The zero-order chi connectivity index (χ0) is 9.14. The van der Waals surface area contributed by atoms with Gasteiger partial charge in [-0.05, 0) is 24.1 Å². The number of aryl methyl sites for hydroxylation is 1. The number of halogens is 2. The van der Waals surface area contributed by atoms with E-state index >= 15 is 0 Å². The average Bonchev–Trinajstić information content (AvgIpc) is 2.08. The van der Waals surface area contributed by atoms with Gasteiger partial charge in [0.05, 0.1) is 10.6 Å². The van der Waals surface area contributed by atoms with E-state index in [2.05, 4.69) is 22.0 Å². The van der Waals surface area contributed by atoms with Crippen LogP contribution in [0.5, 0.6) is 0 Å². The van der Waals surface area contributed by atoms with Crippen molar-refractivity contribution in [2.45, 2.75) is 12.3 Å². The Kier molecular flexibility index (Phi) is 3.13. The molecular weight excluding hydrogens is 237 g/mol. The highest BCUT2D eigenvalue weighted by molar-refractivity contribution is 9.08. The van der Waals surface area contributed by atoms with Gasteiger partial charge in [0.2, 0.25) is 0 Å². The quantitative estimate of drug-likeness (QED) is 0.695. The van der Waals surface area contributed by atoms with Crippen LogP contribution >= 0.6 is 27.5 Å². The first-order chi connectivity index (χ1) is 5.69. The molecule has 0 heterocycles. The van der Waals surface area contributed by atoms with E-state index in [1.807, 2.05) is 13.0 Å². The molecule has 0 aromatic heterocycles. The molecule has 62 valence electrons. The van der Waals surface area contributed by atoms with E-state index in [0.717, 1.165) is 11.1 Å². The van der Waals surface area contributed by atoms with Crippen molar-refractivity contribution < 1.29 is 0 Å². The summed E-state index contributed by atoms with van der Waals surface area (Å²) in [6.45, 7) is 1.95. The van der Waals surface area contributed by atoms with Crippen LogP contribution < -0.4 is 0 Å². The van der Waals surface area contributed by atoms with Crippen LogP contribution in [0.3, 0.4) is 0 Å². The third kappa shape index (κ3) is 1.80. The Morgan fingerprint density at radius 3 is 2.75 bits per heavy atom. The van der Waals surface area contributed by atoms with Gasteiger partial charge in [-0.15, -0.1) is 0 Å². The molecular formula is C9H7BrClN. The summed E-state index contributed by atoms with van der Waals surface area (Å²) in [5, 5.41) is 9.95. The zero-order valence-electron chi connectivity index (χ0n) is 6.56. The second-order valence-corrected chi connectivity index (χ2v) is 3.47. The highest BCUT2D eigenvalue weighted by atomic mass is 79.9. The minimum atomic E-state index is 0.547. The van der Waals surface area contributed by atoms with E-state index in [0.29, 0.717) is 15.9 Å². The first-order valence-electron chi connectivity index (χ1n) is 3.44. The number of benzene rings is 1. The van der Waals surface area contributed by atoms with Gasteiger partial charge in [-0.2, -0.15) is 5.26 Å². The maximum Gasteiger partial charge on any atom is 0.101 e. The summed E-state index contributed by atoms with van der Waals surface area (Å²) in [4.78, 5) is 0. The monoisotopic (exact) mass is 243 g/mol. The molecule has 12 heavy (non-hydrogen) atoms. The molecule has 0 unspecified atom stereocenters. The third-order valence-electron chi connectivity index (χ3n) is 1.56. The Labute approximate surface area is 85.1 Å². The highest BCUT2D eigenvalue weighted by Crippen LogP contribution is 2.24. The van der Waals surface area contributed by atoms with Crippen LogP contribution in [0.4, 0.5) is 0 Å². The van der Waals surface area contributed by atoms with Gasteiger partial charge < -0.3 is 0 Å². The molecule has 1 nitrogen and oxygen atoms in total. The van der Waals surface area contributed by atoms with Gasteiger partial charge in [-0.1, -0.05) is 33.6 Å². The Hall–Kier alpha value is -0.520. The van der Waals surface area contributed by atoms with Gasteiger partial charge in [-0.25, -0.2) is 0 Å². The van der Waals surface area contributed by atoms with E-state index < -0.39 is 0 Å². The van der Waals surface area contributed by atoms with Crippen LogP contribution in [-0.2, 0) is 5.33 Å². The fraction of sp³-hybridized carbons (Fsp3) is 0.222. The molecule has 0 fully saturated rings. The van der Waals surface area contributed by atoms with Crippen LogP contribution in [0.1, 0.15) is 16.7 Å². The molecule has 0 atom stereocenters. The lowest BCUT2D eigenvalue weighted by Crippen LogP contribution is -1.87. The lowest BCUT2D eigenvalue weighted by Gasteiger charge is -2.03. The Morgan fingerprint density at radius 1 is 1.58 bits per heavy atom. The molecule has 0 saturated carbocycles. The summed E-state index contributed by atoms with van der Waals surface area (Å²) in [7, 11) is 0. The first-order valence-corrected chi connectivity index (χ1v) is 4.94. The molecule has 1 aromatic rings. The zero-order valence-corrected chi connectivity index (χ0v) is 8.91. The van der Waals surface area contributed by atoms with E-state index in [4.69, 9.17) is 16.9 Å². The molecule has 3 heteroatoms. The van der Waals surface area contributed by atoms with Crippen LogP contribution in [0.15, 0.2) is 12.1 Å². The lowest BCUT2D eigenvalue weighted by atomic mass is 10.1. The normalized spacial score (nSPS) is 9.50. The molecule has 0 aliphatic rings. The average molecular weight is 245 g/mol. The lowest BCUT2D eigenvalue weighted by molar-refractivity contribution is 1.34. The molecule has 0 saturated heterocycles. The standard InChI is InChI=1S/C9H7BrClN/c1-6-2-7(4-10)9(11)8(3-6)5-12/h2-3H,4H2,1H3. The number of hydrogen-bond acceptors (Lipinski definition) is 1. The minimum absolute atomic E-state index is 0.547. The number of nitriles is 1. The second kappa shape index (κ2) is 3.93. The van der Waals surface area contributed by atoms with Gasteiger partial charge in [0.25, 0.3) is 0 Å². The maximum atomic E-state index is 8.71. The van der Waals surface area contributed by atoms with E-state index in [1.165, 1.54) is 0 Å². The molecule has 1 aromatic carbocycles. The highest BCUT2D eigenvalue weighted by Gasteiger charge is 2.05. The van der Waals surface area contributed by atoms with Crippen molar-refractivity contribution in [1.29, 1.82) is 5.26 Å². The summed E-state index contributed by atoms with van der Waals surface area (Å²) in [5.74, 6) is 0. The van der Waals surface area contributed by atoms with Crippen LogP contribution in [0.2, 0.25) is 5.02 Å². The first kappa shape index (κ1) is 9.57. The molecule has 0 aliphatic carbocycles. The topological polar surface area (TPSA) is 23.8 Å². The van der Waals surface area contributed by atoms with Gasteiger partial charge >= 0.3 is 0 Å². The van der Waals surface area contributed by atoms with E-state index in [-0.39, 0.29) is 0 Å². The molecule has 0 amide bonds. The van der Waals surface area contributed by atoms with Crippen molar-refractivity contribution in [3.05, 3.63) is 33.8 Å². The van der Waals surface area contributed by atoms with Crippen LogP contribution in [0, 0.1) is 18.3 Å². The van der Waals surface area contributed by atoms with Crippen molar-refractivity contribution in [2.75, 3.05) is 0 Å². The van der Waals surface area contributed by atoms with Crippen molar-refractivity contribution in [2.24, 2.45) is 0 Å². The predicted molar refractivity (Wildman–Crippen MR) is 53.5 cm³/mol. The van der Waals surface area contributed by atoms with Crippen molar-refractivity contribution in [3.63, 3.8) is 0 Å². The fourth-order valence-electron chi connectivity index (χ4n) is 1.02. The summed E-state index contributed by atoms with van der Waals surface area (Å²) in [5.41, 5.74) is 2.57. The summed E-state index contributed by atoms with van der Waals surface area (Å²) < 4.78 is 0. The van der Waals surface area contributed by atoms with Crippen LogP contribution in [0.25, 0.3) is 0 Å². The van der Waals surface area contributed by atoms with E-state index in [9.17, 15) is 0 Å². The Balaban J connectivity index is 3.34. The van der Waals surface area contributed by atoms with Crippen molar-refractivity contribution in [3.8, 4) is 6.07 Å². The maximum absolute atomic E-state index is 8.71. The van der Waals surface area contributed by atoms with Gasteiger partial charge in [0, 0.05) is 5.33 Å².